The predicted molar refractivity (Wildman–Crippen MR) is 103 cm³/mol. The highest BCUT2D eigenvalue weighted by atomic mass is 35.5. The van der Waals surface area contributed by atoms with Gasteiger partial charge in [-0.1, -0.05) is 41.9 Å². The molecule has 4 rings (SSSR count). The number of halogens is 1. The second-order valence-corrected chi connectivity index (χ2v) is 6.17. The number of hydrogen-bond donors (Lipinski definition) is 1. The Balaban J connectivity index is 1.56. The van der Waals surface area contributed by atoms with Crippen molar-refractivity contribution in [2.45, 2.75) is 6.61 Å². The SMILES string of the molecule is O=C(Nc1ccnc2ccnn12)c1ccccc1OCc1ccccc1Cl. The maximum atomic E-state index is 12.8. The molecule has 1 N–H and O–H groups in total. The zero-order valence-corrected chi connectivity index (χ0v) is 14.9. The van der Waals surface area contributed by atoms with Crippen LogP contribution in [0.15, 0.2) is 73.1 Å². The van der Waals surface area contributed by atoms with Crippen LogP contribution in [0.3, 0.4) is 0 Å². The number of carbonyl (C=O) groups is 1. The van der Waals surface area contributed by atoms with E-state index in [1.807, 2.05) is 24.3 Å². The summed E-state index contributed by atoms with van der Waals surface area (Å²) in [5.74, 6) is 0.698. The number of para-hydroxylation sites is 1. The number of carbonyl (C=O) groups excluding carboxylic acids is 1. The van der Waals surface area contributed by atoms with E-state index in [2.05, 4.69) is 15.4 Å². The Morgan fingerprint density at radius 2 is 1.85 bits per heavy atom. The van der Waals surface area contributed by atoms with E-state index >= 15 is 0 Å². The first-order chi connectivity index (χ1) is 13.2. The lowest BCUT2D eigenvalue weighted by Crippen LogP contribution is -2.16. The second-order valence-electron chi connectivity index (χ2n) is 5.76. The van der Waals surface area contributed by atoms with Crippen LogP contribution in [0.4, 0.5) is 5.82 Å². The summed E-state index contributed by atoms with van der Waals surface area (Å²) < 4.78 is 7.42. The smallest absolute Gasteiger partial charge is 0.260 e. The van der Waals surface area contributed by atoms with Gasteiger partial charge < -0.3 is 10.1 Å². The van der Waals surface area contributed by atoms with Crippen LogP contribution >= 0.6 is 11.6 Å². The van der Waals surface area contributed by atoms with Gasteiger partial charge in [-0.2, -0.15) is 9.61 Å². The van der Waals surface area contributed by atoms with Crippen molar-refractivity contribution >= 4 is 29.0 Å². The van der Waals surface area contributed by atoms with E-state index in [1.54, 1.807) is 53.3 Å². The van der Waals surface area contributed by atoms with Gasteiger partial charge in [0.15, 0.2) is 5.65 Å². The van der Waals surface area contributed by atoms with Crippen LogP contribution < -0.4 is 10.1 Å². The maximum absolute atomic E-state index is 12.8. The highest BCUT2D eigenvalue weighted by Gasteiger charge is 2.14. The van der Waals surface area contributed by atoms with Crippen LogP contribution in [0.25, 0.3) is 5.65 Å². The van der Waals surface area contributed by atoms with Gasteiger partial charge in [0.2, 0.25) is 0 Å². The molecule has 0 atom stereocenters. The van der Waals surface area contributed by atoms with E-state index in [0.717, 1.165) is 5.56 Å². The molecule has 0 fully saturated rings. The number of rotatable bonds is 5. The maximum Gasteiger partial charge on any atom is 0.260 e. The summed E-state index contributed by atoms with van der Waals surface area (Å²) in [6, 6.07) is 17.9. The number of fused-ring (bicyclic) bond motifs is 1. The van der Waals surface area contributed by atoms with E-state index in [4.69, 9.17) is 16.3 Å². The highest BCUT2D eigenvalue weighted by Crippen LogP contribution is 2.23. The Morgan fingerprint density at radius 3 is 2.74 bits per heavy atom. The molecule has 0 aliphatic rings. The number of ether oxygens (including phenoxy) is 1. The number of anilines is 1. The molecule has 6 nitrogen and oxygen atoms in total. The van der Waals surface area contributed by atoms with Crippen LogP contribution in [0.5, 0.6) is 5.75 Å². The van der Waals surface area contributed by atoms with E-state index in [0.29, 0.717) is 27.8 Å². The normalized spacial score (nSPS) is 10.7. The van der Waals surface area contributed by atoms with Gasteiger partial charge in [0.1, 0.15) is 18.2 Å². The van der Waals surface area contributed by atoms with Crippen molar-refractivity contribution in [3.05, 3.63) is 89.2 Å². The van der Waals surface area contributed by atoms with Crippen molar-refractivity contribution in [2.24, 2.45) is 0 Å². The summed E-state index contributed by atoms with van der Waals surface area (Å²) in [7, 11) is 0. The third-order valence-electron chi connectivity index (χ3n) is 4.00. The number of benzene rings is 2. The summed E-state index contributed by atoms with van der Waals surface area (Å²) in [6.45, 7) is 0.266. The quantitative estimate of drug-likeness (QED) is 0.564. The van der Waals surface area contributed by atoms with Crippen molar-refractivity contribution in [3.8, 4) is 5.75 Å². The largest absolute Gasteiger partial charge is 0.488 e. The molecule has 2 aromatic carbocycles. The third-order valence-corrected chi connectivity index (χ3v) is 4.37. The first-order valence-corrected chi connectivity index (χ1v) is 8.65. The number of amides is 1. The Kier molecular flexibility index (Phi) is 4.72. The van der Waals surface area contributed by atoms with Gasteiger partial charge in [-0.15, -0.1) is 0 Å². The first kappa shape index (κ1) is 17.1. The standard InChI is InChI=1S/C20H15ClN4O2/c21-16-7-3-1-5-14(16)13-27-17-8-4-2-6-15(17)20(26)24-19-9-11-22-18-10-12-23-25(18)19/h1-12H,13H2,(H,24,26). The molecule has 0 spiro atoms. The van der Waals surface area contributed by atoms with E-state index < -0.39 is 0 Å². The summed E-state index contributed by atoms with van der Waals surface area (Å²) in [5.41, 5.74) is 1.92. The minimum atomic E-state index is -0.298. The molecule has 0 saturated carbocycles. The van der Waals surface area contributed by atoms with Crippen LogP contribution in [0.1, 0.15) is 15.9 Å². The minimum absolute atomic E-state index is 0.266. The van der Waals surface area contributed by atoms with E-state index in [1.165, 1.54) is 0 Å². The van der Waals surface area contributed by atoms with Crippen molar-refractivity contribution in [1.29, 1.82) is 0 Å². The van der Waals surface area contributed by atoms with Gasteiger partial charge in [0.25, 0.3) is 5.91 Å². The predicted octanol–water partition coefficient (Wildman–Crippen LogP) is 4.21. The average Bonchev–Trinajstić information content (AvgIpc) is 3.17. The van der Waals surface area contributed by atoms with Gasteiger partial charge >= 0.3 is 0 Å². The van der Waals surface area contributed by atoms with Gasteiger partial charge in [-0.3, -0.25) is 4.79 Å². The third kappa shape index (κ3) is 3.61. The van der Waals surface area contributed by atoms with Gasteiger partial charge in [0.05, 0.1) is 11.8 Å². The van der Waals surface area contributed by atoms with Crippen molar-refractivity contribution in [1.82, 2.24) is 14.6 Å². The number of hydrogen-bond acceptors (Lipinski definition) is 4. The fourth-order valence-corrected chi connectivity index (χ4v) is 2.85. The van der Waals surface area contributed by atoms with Crippen molar-refractivity contribution in [3.63, 3.8) is 0 Å². The molecule has 1 amide bonds. The average molecular weight is 379 g/mol. The van der Waals surface area contributed by atoms with E-state index in [9.17, 15) is 4.79 Å². The molecule has 0 saturated heterocycles. The molecule has 4 aromatic rings. The fraction of sp³-hybridized carbons (Fsp3) is 0.0500. The van der Waals surface area contributed by atoms with Gasteiger partial charge in [-0.05, 0) is 24.3 Å². The zero-order chi connectivity index (χ0) is 18.6. The van der Waals surface area contributed by atoms with Gasteiger partial charge in [0, 0.05) is 22.8 Å². The van der Waals surface area contributed by atoms with E-state index in [-0.39, 0.29) is 12.5 Å². The minimum Gasteiger partial charge on any atom is -0.488 e. The Hall–Kier alpha value is -3.38. The summed E-state index contributed by atoms with van der Waals surface area (Å²) in [6.07, 6.45) is 3.24. The molecule has 7 heteroatoms. The molecule has 27 heavy (non-hydrogen) atoms. The van der Waals surface area contributed by atoms with Crippen LogP contribution in [-0.2, 0) is 6.61 Å². The van der Waals surface area contributed by atoms with Crippen molar-refractivity contribution < 1.29 is 9.53 Å². The molecule has 0 bridgehead atoms. The zero-order valence-electron chi connectivity index (χ0n) is 14.2. The number of nitrogens with zero attached hydrogens (tertiary/aromatic N) is 3. The molecular formula is C20H15ClN4O2. The lowest BCUT2D eigenvalue weighted by molar-refractivity contribution is 0.102. The molecule has 0 radical (unpaired) electrons. The van der Waals surface area contributed by atoms with Crippen LogP contribution in [0, 0.1) is 0 Å². The number of nitrogens with one attached hydrogen (secondary N) is 1. The highest BCUT2D eigenvalue weighted by molar-refractivity contribution is 6.31. The molecule has 0 unspecified atom stereocenters. The Bertz CT molecular complexity index is 1110. The Labute approximate surface area is 160 Å². The summed E-state index contributed by atoms with van der Waals surface area (Å²) in [5, 5.41) is 7.64. The molecule has 0 aliphatic heterocycles. The lowest BCUT2D eigenvalue weighted by Gasteiger charge is -2.13. The fourth-order valence-electron chi connectivity index (χ4n) is 2.66. The van der Waals surface area contributed by atoms with Gasteiger partial charge in [-0.25, -0.2) is 4.98 Å². The second kappa shape index (κ2) is 7.47. The monoisotopic (exact) mass is 378 g/mol. The molecule has 2 heterocycles. The topological polar surface area (TPSA) is 68.5 Å². The Morgan fingerprint density at radius 1 is 1.04 bits per heavy atom. The molecular weight excluding hydrogens is 364 g/mol. The van der Waals surface area contributed by atoms with Crippen LogP contribution in [0.2, 0.25) is 5.02 Å². The lowest BCUT2D eigenvalue weighted by atomic mass is 10.2. The molecule has 2 aromatic heterocycles. The summed E-state index contributed by atoms with van der Waals surface area (Å²) >= 11 is 6.17. The first-order valence-electron chi connectivity index (χ1n) is 8.28. The number of aromatic nitrogens is 3. The molecule has 134 valence electrons. The van der Waals surface area contributed by atoms with Crippen LogP contribution in [-0.4, -0.2) is 20.5 Å². The summed E-state index contributed by atoms with van der Waals surface area (Å²) in [4.78, 5) is 17.0. The molecule has 0 aliphatic carbocycles. The van der Waals surface area contributed by atoms with Crippen molar-refractivity contribution in [2.75, 3.05) is 5.32 Å².